The molecule has 1 aliphatic carbocycles. The molecule has 1 aromatic rings. The zero-order valence-electron chi connectivity index (χ0n) is 11.4. The Morgan fingerprint density at radius 3 is 2.78 bits per heavy atom. The van der Waals surface area contributed by atoms with Crippen LogP contribution >= 0.6 is 0 Å². The van der Waals surface area contributed by atoms with Gasteiger partial charge in [0.1, 0.15) is 11.6 Å². The third-order valence-electron chi connectivity index (χ3n) is 3.80. The first kappa shape index (κ1) is 11.9. The van der Waals surface area contributed by atoms with Crippen LogP contribution in [-0.2, 0) is 4.74 Å². The second-order valence-corrected chi connectivity index (χ2v) is 5.65. The molecule has 2 atom stereocenters. The van der Waals surface area contributed by atoms with E-state index in [1.807, 2.05) is 13.1 Å². The lowest BCUT2D eigenvalue weighted by Gasteiger charge is -2.38. The van der Waals surface area contributed by atoms with E-state index >= 15 is 0 Å². The molecule has 0 unspecified atom stereocenters. The van der Waals surface area contributed by atoms with Crippen molar-refractivity contribution in [2.24, 2.45) is 5.92 Å². The van der Waals surface area contributed by atoms with Crippen LogP contribution in [0.5, 0.6) is 0 Å². The lowest BCUT2D eigenvalue weighted by molar-refractivity contribution is -0.0274. The highest BCUT2D eigenvalue weighted by Crippen LogP contribution is 2.37. The van der Waals surface area contributed by atoms with E-state index in [1.54, 1.807) is 0 Å². The molecule has 0 radical (unpaired) electrons. The summed E-state index contributed by atoms with van der Waals surface area (Å²) in [5, 5.41) is 0. The van der Waals surface area contributed by atoms with Gasteiger partial charge in [0, 0.05) is 24.8 Å². The van der Waals surface area contributed by atoms with Crippen molar-refractivity contribution in [2.45, 2.75) is 45.8 Å². The number of aryl methyl sites for hydroxylation is 2. The number of ether oxygens (including phenoxy) is 1. The number of morpholine rings is 1. The molecule has 0 bridgehead atoms. The minimum atomic E-state index is 0.291. The zero-order chi connectivity index (χ0) is 12.7. The minimum Gasteiger partial charge on any atom is -0.371 e. The first-order valence-electron chi connectivity index (χ1n) is 6.84. The summed E-state index contributed by atoms with van der Waals surface area (Å²) in [5.74, 6) is 2.71. The fourth-order valence-electron chi connectivity index (χ4n) is 2.73. The molecule has 1 aromatic heterocycles. The van der Waals surface area contributed by atoms with Crippen molar-refractivity contribution in [3.8, 4) is 0 Å². The van der Waals surface area contributed by atoms with Crippen molar-refractivity contribution in [2.75, 3.05) is 18.0 Å². The maximum absolute atomic E-state index is 6.05. The first-order valence-corrected chi connectivity index (χ1v) is 6.84. The Hall–Kier alpha value is -1.16. The van der Waals surface area contributed by atoms with E-state index in [1.165, 1.54) is 12.8 Å². The Bertz CT molecular complexity index is 445. The molecule has 3 rings (SSSR count). The molecule has 0 aromatic carbocycles. The van der Waals surface area contributed by atoms with Crippen LogP contribution < -0.4 is 4.90 Å². The van der Waals surface area contributed by atoms with Gasteiger partial charge in [-0.2, -0.15) is 0 Å². The largest absolute Gasteiger partial charge is 0.371 e. The van der Waals surface area contributed by atoms with Crippen LogP contribution in [0.1, 0.15) is 31.2 Å². The predicted molar refractivity (Wildman–Crippen MR) is 70.8 cm³/mol. The Morgan fingerprint density at radius 2 is 2.06 bits per heavy atom. The number of hydrogen-bond acceptors (Lipinski definition) is 4. The highest BCUT2D eigenvalue weighted by Gasteiger charge is 2.37. The maximum atomic E-state index is 6.05. The fraction of sp³-hybridized carbons (Fsp3) is 0.714. The van der Waals surface area contributed by atoms with Gasteiger partial charge < -0.3 is 9.64 Å². The minimum absolute atomic E-state index is 0.291. The van der Waals surface area contributed by atoms with Crippen molar-refractivity contribution in [3.63, 3.8) is 0 Å². The van der Waals surface area contributed by atoms with Crippen molar-refractivity contribution < 1.29 is 4.74 Å². The van der Waals surface area contributed by atoms with Crippen LogP contribution in [0.2, 0.25) is 0 Å². The summed E-state index contributed by atoms with van der Waals surface area (Å²) in [6.07, 6.45) is 5.26. The van der Waals surface area contributed by atoms with Crippen LogP contribution in [-0.4, -0.2) is 35.3 Å². The molecular formula is C14H21N3O. The van der Waals surface area contributed by atoms with E-state index in [9.17, 15) is 0 Å². The van der Waals surface area contributed by atoms with Gasteiger partial charge >= 0.3 is 0 Å². The Kier molecular flexibility index (Phi) is 2.98. The molecule has 2 aliphatic rings. The second kappa shape index (κ2) is 4.50. The molecule has 4 heteroatoms. The molecule has 0 amide bonds. The predicted octanol–water partition coefficient (Wildman–Crippen LogP) is 2.10. The topological polar surface area (TPSA) is 38.2 Å². The second-order valence-electron chi connectivity index (χ2n) is 5.65. The van der Waals surface area contributed by atoms with Gasteiger partial charge in [-0.1, -0.05) is 0 Å². The number of rotatable bonds is 2. The van der Waals surface area contributed by atoms with Crippen LogP contribution in [0.25, 0.3) is 0 Å². The summed E-state index contributed by atoms with van der Waals surface area (Å²) in [6, 6.07) is 0. The van der Waals surface area contributed by atoms with Gasteiger partial charge in [-0.15, -0.1) is 0 Å². The summed E-state index contributed by atoms with van der Waals surface area (Å²) in [4.78, 5) is 11.2. The van der Waals surface area contributed by atoms with E-state index in [0.29, 0.717) is 12.2 Å². The van der Waals surface area contributed by atoms with Gasteiger partial charge in [0.15, 0.2) is 0 Å². The van der Waals surface area contributed by atoms with Gasteiger partial charge in [-0.05, 0) is 39.5 Å². The SMILES string of the molecule is Cc1ncc(C)c(N2C[C@@H](C)O[C@@H](C3CC3)C2)n1. The van der Waals surface area contributed by atoms with E-state index in [4.69, 9.17) is 4.74 Å². The average molecular weight is 247 g/mol. The summed E-state index contributed by atoms with van der Waals surface area (Å²) in [5.41, 5.74) is 1.16. The third-order valence-corrected chi connectivity index (χ3v) is 3.80. The maximum Gasteiger partial charge on any atom is 0.135 e. The van der Waals surface area contributed by atoms with Gasteiger partial charge in [-0.25, -0.2) is 9.97 Å². The smallest absolute Gasteiger partial charge is 0.135 e. The molecule has 18 heavy (non-hydrogen) atoms. The molecular weight excluding hydrogens is 226 g/mol. The monoisotopic (exact) mass is 247 g/mol. The van der Waals surface area contributed by atoms with E-state index in [-0.39, 0.29) is 0 Å². The van der Waals surface area contributed by atoms with Crippen molar-refractivity contribution in [3.05, 3.63) is 17.6 Å². The third kappa shape index (κ3) is 2.34. The van der Waals surface area contributed by atoms with Gasteiger partial charge in [0.05, 0.1) is 12.2 Å². The highest BCUT2D eigenvalue weighted by molar-refractivity contribution is 5.46. The standard InChI is InChI=1S/C14H21N3O/c1-9-6-15-11(3)16-14(9)17-7-10(2)18-13(8-17)12-4-5-12/h6,10,12-13H,4-5,7-8H2,1-3H3/t10-,13-/m1/s1. The highest BCUT2D eigenvalue weighted by atomic mass is 16.5. The van der Waals surface area contributed by atoms with Gasteiger partial charge in [0.2, 0.25) is 0 Å². The van der Waals surface area contributed by atoms with Crippen molar-refractivity contribution in [1.29, 1.82) is 0 Å². The van der Waals surface area contributed by atoms with Crippen molar-refractivity contribution >= 4 is 5.82 Å². The normalized spacial score (nSPS) is 28.5. The molecule has 2 fully saturated rings. The molecule has 1 saturated heterocycles. The average Bonchev–Trinajstić information content (AvgIpc) is 3.15. The van der Waals surface area contributed by atoms with Crippen LogP contribution in [0.3, 0.4) is 0 Å². The summed E-state index contributed by atoms with van der Waals surface area (Å²) in [7, 11) is 0. The number of nitrogens with zero attached hydrogens (tertiary/aromatic N) is 3. The van der Waals surface area contributed by atoms with Crippen LogP contribution in [0.4, 0.5) is 5.82 Å². The Morgan fingerprint density at radius 1 is 1.28 bits per heavy atom. The molecule has 4 nitrogen and oxygen atoms in total. The number of anilines is 1. The molecule has 1 saturated carbocycles. The van der Waals surface area contributed by atoms with Crippen LogP contribution in [0, 0.1) is 19.8 Å². The summed E-state index contributed by atoms with van der Waals surface area (Å²) < 4.78 is 6.05. The van der Waals surface area contributed by atoms with Crippen molar-refractivity contribution in [1.82, 2.24) is 9.97 Å². The molecule has 0 spiro atoms. The Balaban J connectivity index is 1.83. The molecule has 2 heterocycles. The van der Waals surface area contributed by atoms with Crippen LogP contribution in [0.15, 0.2) is 6.20 Å². The molecule has 1 aliphatic heterocycles. The quantitative estimate of drug-likeness (QED) is 0.802. The summed E-state index contributed by atoms with van der Waals surface area (Å²) >= 11 is 0. The molecule has 0 N–H and O–H groups in total. The first-order chi connectivity index (χ1) is 8.63. The fourth-order valence-corrected chi connectivity index (χ4v) is 2.73. The number of hydrogen-bond donors (Lipinski definition) is 0. The zero-order valence-corrected chi connectivity index (χ0v) is 11.4. The molecule has 98 valence electrons. The van der Waals surface area contributed by atoms with E-state index in [0.717, 1.165) is 36.2 Å². The lowest BCUT2D eigenvalue weighted by Crippen LogP contribution is -2.48. The van der Waals surface area contributed by atoms with Gasteiger partial charge in [0.25, 0.3) is 0 Å². The van der Waals surface area contributed by atoms with Gasteiger partial charge in [-0.3, -0.25) is 0 Å². The van der Waals surface area contributed by atoms with E-state index in [2.05, 4.69) is 28.7 Å². The lowest BCUT2D eigenvalue weighted by atomic mass is 10.1. The number of aromatic nitrogens is 2. The summed E-state index contributed by atoms with van der Waals surface area (Å²) in [6.45, 7) is 8.10. The Labute approximate surface area is 108 Å². The van der Waals surface area contributed by atoms with E-state index < -0.39 is 0 Å².